The molecule has 14 heavy (non-hydrogen) atoms. The first-order chi connectivity index (χ1) is 6.59. The van der Waals surface area contributed by atoms with E-state index in [0.717, 1.165) is 10.2 Å². The van der Waals surface area contributed by atoms with Crippen LogP contribution in [0.25, 0.3) is 0 Å². The van der Waals surface area contributed by atoms with Gasteiger partial charge in [-0.25, -0.2) is 0 Å². The molecule has 1 amide bonds. The molecule has 4 heteroatoms. The van der Waals surface area contributed by atoms with Crippen LogP contribution in [0.1, 0.15) is 0 Å². The zero-order chi connectivity index (χ0) is 10.6. The Kier molecular flexibility index (Phi) is 3.95. The number of amides is 1. The second-order valence-electron chi connectivity index (χ2n) is 3.15. The van der Waals surface area contributed by atoms with Gasteiger partial charge in [-0.15, -0.1) is 0 Å². The molecule has 0 fully saturated rings. The van der Waals surface area contributed by atoms with Crippen LogP contribution in [-0.4, -0.2) is 31.4 Å². The summed E-state index contributed by atoms with van der Waals surface area (Å²) in [4.78, 5) is 12.8. The predicted octanol–water partition coefficient (Wildman–Crippen LogP) is 1.95. The predicted molar refractivity (Wildman–Crippen MR) is 61.3 cm³/mol. The summed E-state index contributed by atoms with van der Waals surface area (Å²) >= 11 is 3.36. The molecule has 0 aliphatic rings. The highest BCUT2D eigenvalue weighted by molar-refractivity contribution is 9.10. The lowest BCUT2D eigenvalue weighted by Crippen LogP contribution is -2.28. The fraction of sp³-hybridized carbons (Fsp3) is 0.300. The van der Waals surface area contributed by atoms with Crippen molar-refractivity contribution in [1.29, 1.82) is 0 Å². The Balaban J connectivity index is 2.50. The first-order valence-electron chi connectivity index (χ1n) is 4.29. The Hall–Kier alpha value is -1.03. The van der Waals surface area contributed by atoms with Gasteiger partial charge in [-0.3, -0.25) is 4.79 Å². The van der Waals surface area contributed by atoms with Crippen LogP contribution in [0.4, 0.5) is 5.69 Å². The zero-order valence-corrected chi connectivity index (χ0v) is 9.84. The third-order valence-corrected chi connectivity index (χ3v) is 2.26. The number of nitrogens with zero attached hydrogens (tertiary/aromatic N) is 1. The summed E-state index contributed by atoms with van der Waals surface area (Å²) in [6.45, 7) is 0.323. The second kappa shape index (κ2) is 5.00. The minimum Gasteiger partial charge on any atom is -0.376 e. The highest BCUT2D eigenvalue weighted by atomic mass is 79.9. The molecular formula is C10H13BrN2O. The molecule has 0 saturated heterocycles. The molecule has 1 aromatic rings. The minimum atomic E-state index is 0.0602. The van der Waals surface area contributed by atoms with Crippen molar-refractivity contribution in [2.45, 2.75) is 0 Å². The number of anilines is 1. The summed E-state index contributed by atoms with van der Waals surface area (Å²) in [5, 5.41) is 3.05. The molecule has 0 aliphatic carbocycles. The van der Waals surface area contributed by atoms with Crippen LogP contribution in [0.15, 0.2) is 28.7 Å². The van der Waals surface area contributed by atoms with Crippen molar-refractivity contribution >= 4 is 27.5 Å². The van der Waals surface area contributed by atoms with Crippen LogP contribution in [0.5, 0.6) is 0 Å². The molecule has 0 atom stereocenters. The van der Waals surface area contributed by atoms with Crippen LogP contribution in [0.3, 0.4) is 0 Å². The number of rotatable bonds is 3. The first kappa shape index (κ1) is 11.0. The van der Waals surface area contributed by atoms with Crippen molar-refractivity contribution in [3.8, 4) is 0 Å². The minimum absolute atomic E-state index is 0.0602. The Morgan fingerprint density at radius 3 is 2.79 bits per heavy atom. The van der Waals surface area contributed by atoms with Gasteiger partial charge in [0, 0.05) is 24.3 Å². The average molecular weight is 257 g/mol. The van der Waals surface area contributed by atoms with Gasteiger partial charge < -0.3 is 10.2 Å². The maximum atomic E-state index is 11.3. The Bertz CT molecular complexity index is 326. The van der Waals surface area contributed by atoms with Gasteiger partial charge in [0.2, 0.25) is 5.91 Å². The lowest BCUT2D eigenvalue weighted by Gasteiger charge is -2.11. The van der Waals surface area contributed by atoms with Crippen LogP contribution in [0.2, 0.25) is 0 Å². The molecule has 76 valence electrons. The van der Waals surface area contributed by atoms with Crippen molar-refractivity contribution in [3.63, 3.8) is 0 Å². The van der Waals surface area contributed by atoms with E-state index < -0.39 is 0 Å². The van der Waals surface area contributed by atoms with Crippen molar-refractivity contribution in [2.24, 2.45) is 0 Å². The third-order valence-electron chi connectivity index (χ3n) is 1.77. The normalized spacial score (nSPS) is 9.64. The van der Waals surface area contributed by atoms with E-state index in [1.807, 2.05) is 24.3 Å². The van der Waals surface area contributed by atoms with E-state index in [1.54, 1.807) is 19.0 Å². The summed E-state index contributed by atoms with van der Waals surface area (Å²) in [6.07, 6.45) is 0. The maximum Gasteiger partial charge on any atom is 0.241 e. The van der Waals surface area contributed by atoms with Gasteiger partial charge in [-0.05, 0) is 18.2 Å². The third kappa shape index (κ3) is 3.38. The molecule has 1 N–H and O–H groups in total. The van der Waals surface area contributed by atoms with E-state index in [4.69, 9.17) is 0 Å². The lowest BCUT2D eigenvalue weighted by molar-refractivity contribution is -0.126. The number of likely N-dealkylation sites (N-methyl/N-ethyl adjacent to an activating group) is 1. The standard InChI is InChI=1S/C10H13BrN2O/c1-13(2)10(14)7-12-9-5-3-4-8(11)6-9/h3-6,12H,7H2,1-2H3. The molecule has 0 radical (unpaired) electrons. The molecule has 0 heterocycles. The van der Waals surface area contributed by atoms with Gasteiger partial charge in [0.15, 0.2) is 0 Å². The Morgan fingerprint density at radius 2 is 2.21 bits per heavy atom. The number of benzene rings is 1. The molecule has 1 rings (SSSR count). The van der Waals surface area contributed by atoms with E-state index >= 15 is 0 Å². The van der Waals surface area contributed by atoms with E-state index in [2.05, 4.69) is 21.2 Å². The maximum absolute atomic E-state index is 11.3. The summed E-state index contributed by atoms with van der Waals surface area (Å²) in [6, 6.07) is 7.72. The molecule has 0 aliphatic heterocycles. The quantitative estimate of drug-likeness (QED) is 0.897. The number of nitrogens with one attached hydrogen (secondary N) is 1. The zero-order valence-electron chi connectivity index (χ0n) is 8.25. The molecule has 0 saturated carbocycles. The van der Waals surface area contributed by atoms with Gasteiger partial charge in [-0.2, -0.15) is 0 Å². The van der Waals surface area contributed by atoms with E-state index in [1.165, 1.54) is 0 Å². The topological polar surface area (TPSA) is 32.3 Å². The Labute approximate surface area is 92.2 Å². The summed E-state index contributed by atoms with van der Waals surface area (Å²) in [5.41, 5.74) is 0.939. The summed E-state index contributed by atoms with van der Waals surface area (Å²) in [7, 11) is 3.48. The number of halogens is 1. The van der Waals surface area contributed by atoms with Crippen LogP contribution < -0.4 is 5.32 Å². The molecule has 1 aromatic carbocycles. The lowest BCUT2D eigenvalue weighted by atomic mass is 10.3. The van der Waals surface area contributed by atoms with Crippen LogP contribution in [0, 0.1) is 0 Å². The van der Waals surface area contributed by atoms with Crippen LogP contribution in [-0.2, 0) is 4.79 Å². The molecule has 3 nitrogen and oxygen atoms in total. The van der Waals surface area contributed by atoms with Gasteiger partial charge in [0.05, 0.1) is 6.54 Å². The SMILES string of the molecule is CN(C)C(=O)CNc1cccc(Br)c1. The second-order valence-corrected chi connectivity index (χ2v) is 4.07. The molecular weight excluding hydrogens is 244 g/mol. The van der Waals surface area contributed by atoms with Crippen molar-refractivity contribution in [1.82, 2.24) is 4.90 Å². The van der Waals surface area contributed by atoms with E-state index in [9.17, 15) is 4.79 Å². The number of carbonyl (C=O) groups excluding carboxylic acids is 1. The van der Waals surface area contributed by atoms with Gasteiger partial charge in [0.1, 0.15) is 0 Å². The fourth-order valence-corrected chi connectivity index (χ4v) is 1.33. The van der Waals surface area contributed by atoms with Crippen molar-refractivity contribution in [2.75, 3.05) is 26.0 Å². The largest absolute Gasteiger partial charge is 0.376 e. The molecule has 0 bridgehead atoms. The smallest absolute Gasteiger partial charge is 0.241 e. The summed E-state index contributed by atoms with van der Waals surface area (Å²) in [5.74, 6) is 0.0602. The number of hydrogen-bond donors (Lipinski definition) is 1. The number of carbonyl (C=O) groups is 1. The van der Waals surface area contributed by atoms with Crippen molar-refractivity contribution in [3.05, 3.63) is 28.7 Å². The average Bonchev–Trinajstić information content (AvgIpc) is 2.14. The highest BCUT2D eigenvalue weighted by Crippen LogP contribution is 2.15. The Morgan fingerprint density at radius 1 is 1.50 bits per heavy atom. The van der Waals surface area contributed by atoms with Gasteiger partial charge >= 0.3 is 0 Å². The first-order valence-corrected chi connectivity index (χ1v) is 5.08. The fourth-order valence-electron chi connectivity index (χ4n) is 0.934. The van der Waals surface area contributed by atoms with Gasteiger partial charge in [-0.1, -0.05) is 22.0 Å². The highest BCUT2D eigenvalue weighted by Gasteiger charge is 2.02. The molecule has 0 spiro atoms. The van der Waals surface area contributed by atoms with E-state index in [-0.39, 0.29) is 5.91 Å². The summed E-state index contributed by atoms with van der Waals surface area (Å²) < 4.78 is 1.000. The monoisotopic (exact) mass is 256 g/mol. The molecule has 0 unspecified atom stereocenters. The van der Waals surface area contributed by atoms with Crippen LogP contribution >= 0.6 is 15.9 Å². The number of hydrogen-bond acceptors (Lipinski definition) is 2. The van der Waals surface area contributed by atoms with E-state index in [0.29, 0.717) is 6.54 Å². The van der Waals surface area contributed by atoms with Crippen molar-refractivity contribution < 1.29 is 4.79 Å². The van der Waals surface area contributed by atoms with Gasteiger partial charge in [0.25, 0.3) is 0 Å². The molecule has 0 aromatic heterocycles.